The van der Waals surface area contributed by atoms with E-state index in [1.807, 2.05) is 0 Å². The SMILES string of the molecule is NC(=NO)c1cc(NC(=O)c2ccoc2)ccc1F. The molecule has 98 valence electrons. The van der Waals surface area contributed by atoms with Gasteiger partial charge in [0, 0.05) is 5.69 Å². The number of rotatable bonds is 3. The number of hydrogen-bond donors (Lipinski definition) is 3. The standard InChI is InChI=1S/C12H10FN3O3/c13-10-2-1-8(5-9(10)11(14)16-18)15-12(17)7-3-4-19-6-7/h1-6,18H,(H2,14,16)(H,15,17). The molecule has 0 fully saturated rings. The van der Waals surface area contributed by atoms with Gasteiger partial charge in [-0.2, -0.15) is 0 Å². The molecule has 4 N–H and O–H groups in total. The first-order valence-electron chi connectivity index (χ1n) is 5.23. The molecule has 1 amide bonds. The van der Waals surface area contributed by atoms with Gasteiger partial charge in [0.15, 0.2) is 5.84 Å². The molecule has 0 aliphatic carbocycles. The highest BCUT2D eigenvalue weighted by molar-refractivity contribution is 6.05. The van der Waals surface area contributed by atoms with Gasteiger partial charge >= 0.3 is 0 Å². The van der Waals surface area contributed by atoms with E-state index < -0.39 is 11.7 Å². The van der Waals surface area contributed by atoms with E-state index in [2.05, 4.69) is 10.5 Å². The zero-order valence-electron chi connectivity index (χ0n) is 9.63. The fourth-order valence-corrected chi connectivity index (χ4v) is 1.45. The number of hydrogen-bond acceptors (Lipinski definition) is 4. The van der Waals surface area contributed by atoms with Crippen molar-refractivity contribution in [3.63, 3.8) is 0 Å². The van der Waals surface area contributed by atoms with Crippen molar-refractivity contribution in [1.82, 2.24) is 0 Å². The normalized spacial score (nSPS) is 11.3. The lowest BCUT2D eigenvalue weighted by molar-refractivity contribution is 0.102. The van der Waals surface area contributed by atoms with Crippen LogP contribution in [-0.2, 0) is 0 Å². The zero-order valence-corrected chi connectivity index (χ0v) is 9.63. The largest absolute Gasteiger partial charge is 0.472 e. The molecule has 2 rings (SSSR count). The number of halogens is 1. The quantitative estimate of drug-likeness (QED) is 0.340. The summed E-state index contributed by atoms with van der Waals surface area (Å²) in [5.74, 6) is -1.45. The third-order valence-corrected chi connectivity index (χ3v) is 2.39. The summed E-state index contributed by atoms with van der Waals surface area (Å²) in [6.45, 7) is 0. The van der Waals surface area contributed by atoms with Crippen molar-refractivity contribution in [3.8, 4) is 0 Å². The van der Waals surface area contributed by atoms with Gasteiger partial charge in [-0.15, -0.1) is 0 Å². The Morgan fingerprint density at radius 2 is 2.21 bits per heavy atom. The predicted octanol–water partition coefficient (Wildman–Crippen LogP) is 1.77. The van der Waals surface area contributed by atoms with E-state index in [1.165, 1.54) is 30.7 Å². The minimum absolute atomic E-state index is 0.104. The van der Waals surface area contributed by atoms with Crippen molar-refractivity contribution in [1.29, 1.82) is 0 Å². The minimum Gasteiger partial charge on any atom is -0.472 e. The van der Waals surface area contributed by atoms with Gasteiger partial charge in [-0.3, -0.25) is 4.79 Å². The monoisotopic (exact) mass is 263 g/mol. The Labute approximate surface area is 107 Å². The third kappa shape index (κ3) is 2.71. The van der Waals surface area contributed by atoms with Crippen LogP contribution in [0, 0.1) is 5.82 Å². The summed E-state index contributed by atoms with van der Waals surface area (Å²) in [5, 5.41) is 13.8. The molecule has 1 aromatic carbocycles. The first-order valence-corrected chi connectivity index (χ1v) is 5.23. The lowest BCUT2D eigenvalue weighted by Crippen LogP contribution is -2.16. The Morgan fingerprint density at radius 3 is 2.84 bits per heavy atom. The summed E-state index contributed by atoms with van der Waals surface area (Å²) in [6.07, 6.45) is 2.64. The molecule has 0 aliphatic rings. The van der Waals surface area contributed by atoms with E-state index in [1.54, 1.807) is 0 Å². The second-order valence-corrected chi connectivity index (χ2v) is 3.65. The molecular formula is C12H10FN3O3. The molecule has 2 aromatic rings. The van der Waals surface area contributed by atoms with Gasteiger partial charge in [0.1, 0.15) is 12.1 Å². The number of amidine groups is 1. The van der Waals surface area contributed by atoms with Gasteiger partial charge in [-0.25, -0.2) is 4.39 Å². The maximum Gasteiger partial charge on any atom is 0.258 e. The second-order valence-electron chi connectivity index (χ2n) is 3.65. The van der Waals surface area contributed by atoms with E-state index >= 15 is 0 Å². The van der Waals surface area contributed by atoms with Crippen LogP contribution >= 0.6 is 0 Å². The summed E-state index contributed by atoms with van der Waals surface area (Å²) >= 11 is 0. The second kappa shape index (κ2) is 5.21. The number of carbonyl (C=O) groups excluding carboxylic acids is 1. The fourth-order valence-electron chi connectivity index (χ4n) is 1.45. The number of carbonyl (C=O) groups is 1. The highest BCUT2D eigenvalue weighted by Crippen LogP contribution is 2.16. The molecule has 0 spiro atoms. The summed E-state index contributed by atoms with van der Waals surface area (Å²) < 4.78 is 18.2. The van der Waals surface area contributed by atoms with Crippen LogP contribution in [0.3, 0.4) is 0 Å². The minimum atomic E-state index is -0.656. The first kappa shape index (κ1) is 12.6. The van der Waals surface area contributed by atoms with Crippen LogP contribution in [0.4, 0.5) is 10.1 Å². The molecule has 19 heavy (non-hydrogen) atoms. The average Bonchev–Trinajstić information content (AvgIpc) is 2.94. The van der Waals surface area contributed by atoms with Crippen molar-refractivity contribution >= 4 is 17.4 Å². The number of nitrogens with one attached hydrogen (secondary N) is 1. The molecule has 0 saturated carbocycles. The topological polar surface area (TPSA) is 101 Å². The molecule has 0 atom stereocenters. The van der Waals surface area contributed by atoms with Crippen molar-refractivity contribution in [2.24, 2.45) is 10.9 Å². The smallest absolute Gasteiger partial charge is 0.258 e. The molecule has 6 nitrogen and oxygen atoms in total. The van der Waals surface area contributed by atoms with Crippen LogP contribution in [0.2, 0.25) is 0 Å². The molecule has 0 saturated heterocycles. The van der Waals surface area contributed by atoms with Crippen molar-refractivity contribution < 1.29 is 18.8 Å². The number of nitrogens with zero attached hydrogens (tertiary/aromatic N) is 1. The Hall–Kier alpha value is -2.83. The third-order valence-electron chi connectivity index (χ3n) is 2.39. The van der Waals surface area contributed by atoms with Crippen LogP contribution in [0.1, 0.15) is 15.9 Å². The van der Waals surface area contributed by atoms with Crippen LogP contribution in [-0.4, -0.2) is 17.0 Å². The summed E-state index contributed by atoms with van der Waals surface area (Å²) in [7, 11) is 0. The Kier molecular flexibility index (Phi) is 3.46. The number of benzene rings is 1. The summed E-state index contributed by atoms with van der Waals surface area (Å²) in [4.78, 5) is 11.7. The Balaban J connectivity index is 2.25. The Morgan fingerprint density at radius 1 is 1.42 bits per heavy atom. The average molecular weight is 263 g/mol. The number of furan rings is 1. The maximum absolute atomic E-state index is 13.4. The van der Waals surface area contributed by atoms with Crippen molar-refractivity contribution in [2.75, 3.05) is 5.32 Å². The summed E-state index contributed by atoms with van der Waals surface area (Å²) in [6, 6.07) is 5.23. The summed E-state index contributed by atoms with van der Waals surface area (Å²) in [5.41, 5.74) is 5.86. The molecule has 0 bridgehead atoms. The van der Waals surface area contributed by atoms with E-state index in [4.69, 9.17) is 15.4 Å². The van der Waals surface area contributed by atoms with Crippen LogP contribution in [0.15, 0.2) is 46.4 Å². The highest BCUT2D eigenvalue weighted by Gasteiger charge is 2.11. The molecule has 0 aliphatic heterocycles. The number of nitrogens with two attached hydrogens (primary N) is 1. The molecule has 0 unspecified atom stereocenters. The number of amides is 1. The molecule has 0 radical (unpaired) electrons. The fraction of sp³-hybridized carbons (Fsp3) is 0. The first-order chi connectivity index (χ1) is 9.11. The maximum atomic E-state index is 13.4. The van der Waals surface area contributed by atoms with Gasteiger partial charge in [0.05, 0.1) is 17.4 Å². The van der Waals surface area contributed by atoms with E-state index in [0.29, 0.717) is 11.3 Å². The number of anilines is 1. The van der Waals surface area contributed by atoms with E-state index in [-0.39, 0.29) is 11.4 Å². The lowest BCUT2D eigenvalue weighted by atomic mass is 10.1. The lowest BCUT2D eigenvalue weighted by Gasteiger charge is -2.06. The van der Waals surface area contributed by atoms with Crippen LogP contribution in [0.25, 0.3) is 0 Å². The highest BCUT2D eigenvalue weighted by atomic mass is 19.1. The van der Waals surface area contributed by atoms with Crippen molar-refractivity contribution in [2.45, 2.75) is 0 Å². The number of oxime groups is 1. The molecule has 1 aromatic heterocycles. The van der Waals surface area contributed by atoms with E-state index in [9.17, 15) is 9.18 Å². The molecular weight excluding hydrogens is 253 g/mol. The van der Waals surface area contributed by atoms with Gasteiger partial charge in [-0.05, 0) is 24.3 Å². The van der Waals surface area contributed by atoms with E-state index in [0.717, 1.165) is 6.07 Å². The van der Waals surface area contributed by atoms with Crippen molar-refractivity contribution in [3.05, 3.63) is 53.7 Å². The van der Waals surface area contributed by atoms with Gasteiger partial charge in [-0.1, -0.05) is 5.16 Å². The van der Waals surface area contributed by atoms with Gasteiger partial charge < -0.3 is 20.7 Å². The Bertz CT molecular complexity index is 623. The predicted molar refractivity (Wildman–Crippen MR) is 65.6 cm³/mol. The van der Waals surface area contributed by atoms with Gasteiger partial charge in [0.2, 0.25) is 0 Å². The molecule has 1 heterocycles. The van der Waals surface area contributed by atoms with Crippen LogP contribution < -0.4 is 11.1 Å². The van der Waals surface area contributed by atoms with Crippen LogP contribution in [0.5, 0.6) is 0 Å². The van der Waals surface area contributed by atoms with Gasteiger partial charge in [0.25, 0.3) is 5.91 Å². The zero-order chi connectivity index (χ0) is 13.8. The molecule has 7 heteroatoms.